The molecular weight excluding hydrogens is 265 g/mol. The van der Waals surface area contributed by atoms with Gasteiger partial charge in [-0.2, -0.15) is 0 Å². The summed E-state index contributed by atoms with van der Waals surface area (Å²) in [5.41, 5.74) is 0.924. The fourth-order valence-electron chi connectivity index (χ4n) is 2.14. The highest BCUT2D eigenvalue weighted by Crippen LogP contribution is 2.27. The van der Waals surface area contributed by atoms with Crippen molar-refractivity contribution in [1.82, 2.24) is 0 Å². The second kappa shape index (κ2) is 6.09. The van der Waals surface area contributed by atoms with Crippen molar-refractivity contribution in [2.24, 2.45) is 0 Å². The molecular formula is C16H15F3O. The molecule has 0 aliphatic carbocycles. The standard InChI is InChI=1S/C16H15F3O/c1-2-3-10-4-6-11(7-5-10)16(20)15-13(18)8-12(17)9-14(15)19/h4-9,16,20H,2-3H2,1H3. The van der Waals surface area contributed by atoms with Gasteiger partial charge in [0.25, 0.3) is 0 Å². The lowest BCUT2D eigenvalue weighted by molar-refractivity contribution is 0.208. The van der Waals surface area contributed by atoms with Gasteiger partial charge in [0.15, 0.2) is 0 Å². The molecule has 2 rings (SSSR count). The van der Waals surface area contributed by atoms with E-state index in [1.165, 1.54) is 0 Å². The van der Waals surface area contributed by atoms with Crippen LogP contribution in [0.4, 0.5) is 13.2 Å². The van der Waals surface area contributed by atoms with Gasteiger partial charge < -0.3 is 5.11 Å². The lowest BCUT2D eigenvalue weighted by Gasteiger charge is -2.14. The Labute approximate surface area is 115 Å². The summed E-state index contributed by atoms with van der Waals surface area (Å²) in [6.07, 6.45) is 0.435. The Morgan fingerprint density at radius 2 is 1.55 bits per heavy atom. The summed E-state index contributed by atoms with van der Waals surface area (Å²) in [4.78, 5) is 0. The van der Waals surface area contributed by atoms with E-state index in [9.17, 15) is 18.3 Å². The van der Waals surface area contributed by atoms with Gasteiger partial charge in [-0.25, -0.2) is 13.2 Å². The van der Waals surface area contributed by atoms with Crippen molar-refractivity contribution < 1.29 is 18.3 Å². The number of hydrogen-bond acceptors (Lipinski definition) is 1. The van der Waals surface area contributed by atoms with Crippen molar-refractivity contribution >= 4 is 0 Å². The van der Waals surface area contributed by atoms with E-state index in [0.717, 1.165) is 18.4 Å². The number of aliphatic hydroxyl groups is 1. The molecule has 1 atom stereocenters. The minimum atomic E-state index is -1.45. The van der Waals surface area contributed by atoms with Crippen molar-refractivity contribution in [3.63, 3.8) is 0 Å². The van der Waals surface area contributed by atoms with Crippen LogP contribution in [0.1, 0.15) is 36.1 Å². The summed E-state index contributed by atoms with van der Waals surface area (Å²) in [5, 5.41) is 10.1. The minimum absolute atomic E-state index is 0.370. The van der Waals surface area contributed by atoms with Crippen LogP contribution in [0.3, 0.4) is 0 Å². The summed E-state index contributed by atoms with van der Waals surface area (Å²) < 4.78 is 40.1. The molecule has 4 heteroatoms. The lowest BCUT2D eigenvalue weighted by Crippen LogP contribution is -2.06. The highest BCUT2D eigenvalue weighted by Gasteiger charge is 2.20. The Balaban J connectivity index is 2.33. The minimum Gasteiger partial charge on any atom is -0.383 e. The third-order valence-electron chi connectivity index (χ3n) is 3.15. The Bertz CT molecular complexity index is 570. The van der Waals surface area contributed by atoms with Crippen LogP contribution in [0.25, 0.3) is 0 Å². The van der Waals surface area contributed by atoms with Crippen LogP contribution in [0.15, 0.2) is 36.4 Å². The lowest BCUT2D eigenvalue weighted by atomic mass is 9.98. The van der Waals surface area contributed by atoms with Gasteiger partial charge in [0, 0.05) is 12.1 Å². The first-order chi connectivity index (χ1) is 9.52. The zero-order chi connectivity index (χ0) is 14.7. The molecule has 0 bridgehead atoms. The van der Waals surface area contributed by atoms with Crippen LogP contribution in [-0.2, 0) is 6.42 Å². The first-order valence-corrected chi connectivity index (χ1v) is 6.44. The summed E-state index contributed by atoms with van der Waals surface area (Å²) in [6.45, 7) is 2.05. The first kappa shape index (κ1) is 14.6. The van der Waals surface area contributed by atoms with E-state index in [1.54, 1.807) is 24.3 Å². The van der Waals surface area contributed by atoms with Gasteiger partial charge in [-0.05, 0) is 17.5 Å². The molecule has 0 aliphatic heterocycles. The maximum Gasteiger partial charge on any atom is 0.135 e. The fourth-order valence-corrected chi connectivity index (χ4v) is 2.14. The maximum atomic E-state index is 13.6. The van der Waals surface area contributed by atoms with Crippen molar-refractivity contribution in [2.75, 3.05) is 0 Å². The number of halogens is 3. The molecule has 0 radical (unpaired) electrons. The second-order valence-corrected chi connectivity index (χ2v) is 4.68. The Morgan fingerprint density at radius 1 is 1.00 bits per heavy atom. The maximum absolute atomic E-state index is 13.6. The molecule has 1 unspecified atom stereocenters. The van der Waals surface area contributed by atoms with E-state index in [1.807, 2.05) is 6.92 Å². The van der Waals surface area contributed by atoms with Crippen LogP contribution >= 0.6 is 0 Å². The summed E-state index contributed by atoms with van der Waals surface area (Å²) >= 11 is 0. The first-order valence-electron chi connectivity index (χ1n) is 6.44. The molecule has 106 valence electrons. The molecule has 2 aromatic rings. The number of rotatable bonds is 4. The molecule has 0 amide bonds. The molecule has 1 N–H and O–H groups in total. The summed E-state index contributed by atoms with van der Waals surface area (Å²) in [7, 11) is 0. The molecule has 20 heavy (non-hydrogen) atoms. The van der Waals surface area contributed by atoms with Crippen LogP contribution < -0.4 is 0 Å². The third-order valence-corrected chi connectivity index (χ3v) is 3.15. The largest absolute Gasteiger partial charge is 0.383 e. The summed E-state index contributed by atoms with van der Waals surface area (Å²) in [5.74, 6) is -3.19. The number of hydrogen-bond donors (Lipinski definition) is 1. The van der Waals surface area contributed by atoms with E-state index in [-0.39, 0.29) is 0 Å². The van der Waals surface area contributed by atoms with Crippen molar-refractivity contribution in [1.29, 1.82) is 0 Å². The van der Waals surface area contributed by atoms with Gasteiger partial charge in [-0.3, -0.25) is 0 Å². The van der Waals surface area contributed by atoms with E-state index >= 15 is 0 Å². The zero-order valence-electron chi connectivity index (χ0n) is 11.0. The molecule has 1 nitrogen and oxygen atoms in total. The predicted octanol–water partition coefficient (Wildman–Crippen LogP) is 4.14. The monoisotopic (exact) mass is 280 g/mol. The molecule has 0 aliphatic rings. The van der Waals surface area contributed by atoms with Crippen LogP contribution in [-0.4, -0.2) is 5.11 Å². The zero-order valence-corrected chi connectivity index (χ0v) is 11.0. The van der Waals surface area contributed by atoms with E-state index in [2.05, 4.69) is 0 Å². The molecule has 0 saturated heterocycles. The number of aryl methyl sites for hydroxylation is 1. The van der Waals surface area contributed by atoms with Gasteiger partial charge in [0.05, 0.1) is 5.56 Å². The Kier molecular flexibility index (Phi) is 4.45. The summed E-state index contributed by atoms with van der Waals surface area (Å²) in [6, 6.07) is 7.98. The average Bonchev–Trinajstić information content (AvgIpc) is 2.38. The van der Waals surface area contributed by atoms with Gasteiger partial charge >= 0.3 is 0 Å². The van der Waals surface area contributed by atoms with E-state index in [4.69, 9.17) is 0 Å². The van der Waals surface area contributed by atoms with E-state index in [0.29, 0.717) is 17.7 Å². The predicted molar refractivity (Wildman–Crippen MR) is 70.8 cm³/mol. The second-order valence-electron chi connectivity index (χ2n) is 4.68. The van der Waals surface area contributed by atoms with Gasteiger partial charge in [0.2, 0.25) is 0 Å². The molecule has 2 aromatic carbocycles. The number of benzene rings is 2. The quantitative estimate of drug-likeness (QED) is 0.892. The third kappa shape index (κ3) is 3.02. The molecule has 0 spiro atoms. The van der Waals surface area contributed by atoms with Crippen LogP contribution in [0, 0.1) is 17.5 Å². The molecule has 0 aromatic heterocycles. The Morgan fingerprint density at radius 3 is 2.05 bits per heavy atom. The molecule has 0 saturated carbocycles. The molecule has 0 fully saturated rings. The van der Waals surface area contributed by atoms with E-state index < -0.39 is 29.1 Å². The van der Waals surface area contributed by atoms with Crippen molar-refractivity contribution in [2.45, 2.75) is 25.9 Å². The topological polar surface area (TPSA) is 20.2 Å². The van der Waals surface area contributed by atoms with Crippen molar-refractivity contribution in [3.05, 3.63) is 70.5 Å². The Hall–Kier alpha value is -1.81. The fraction of sp³-hybridized carbons (Fsp3) is 0.250. The van der Waals surface area contributed by atoms with Crippen LogP contribution in [0.2, 0.25) is 0 Å². The molecule has 0 heterocycles. The highest BCUT2D eigenvalue weighted by molar-refractivity contribution is 5.33. The van der Waals surface area contributed by atoms with Gasteiger partial charge in [0.1, 0.15) is 23.6 Å². The normalized spacial score (nSPS) is 12.4. The van der Waals surface area contributed by atoms with Gasteiger partial charge in [-0.1, -0.05) is 37.6 Å². The smallest absolute Gasteiger partial charge is 0.135 e. The average molecular weight is 280 g/mol. The SMILES string of the molecule is CCCc1ccc(C(O)c2c(F)cc(F)cc2F)cc1. The van der Waals surface area contributed by atoms with Gasteiger partial charge in [-0.15, -0.1) is 0 Å². The number of aliphatic hydroxyl groups excluding tert-OH is 1. The van der Waals surface area contributed by atoms with Crippen LogP contribution in [0.5, 0.6) is 0 Å². The van der Waals surface area contributed by atoms with Crippen molar-refractivity contribution in [3.8, 4) is 0 Å². The highest BCUT2D eigenvalue weighted by atomic mass is 19.1.